The van der Waals surface area contributed by atoms with Crippen LogP contribution in [0, 0.1) is 0 Å². The predicted molar refractivity (Wildman–Crippen MR) is 58.8 cm³/mol. The number of azide groups is 1. The largest absolute Gasteiger partial charge is 0.456 e. The molecule has 0 unspecified atom stereocenters. The van der Waals surface area contributed by atoms with Gasteiger partial charge in [-0.15, -0.1) is 0 Å². The molecule has 0 bridgehead atoms. The fourth-order valence-corrected chi connectivity index (χ4v) is 1.35. The molecule has 0 spiro atoms. The fraction of sp³-hybridized carbons (Fsp3) is 0.500. The van der Waals surface area contributed by atoms with Gasteiger partial charge in [-0.25, -0.2) is 0 Å². The molecule has 0 aliphatic rings. The van der Waals surface area contributed by atoms with Crippen LogP contribution in [0.4, 0.5) is 0 Å². The van der Waals surface area contributed by atoms with Crippen molar-refractivity contribution in [3.8, 4) is 0 Å². The maximum absolute atomic E-state index is 11.8. The number of carbonyl (C=O) groups excluding carboxylic acids is 1. The summed E-state index contributed by atoms with van der Waals surface area (Å²) >= 11 is 0. The van der Waals surface area contributed by atoms with E-state index in [1.165, 1.54) is 0 Å². The lowest BCUT2D eigenvalue weighted by molar-refractivity contribution is 0.0739. The molecule has 0 aliphatic heterocycles. The fourth-order valence-electron chi connectivity index (χ4n) is 1.35. The standard InChI is InChI=1S/C10H14N4O2/c1-3-14(4-2)10(15)9-6-5-8(16-9)7-12-13-11/h5-6H,3-4,7H2,1-2H3. The molecule has 0 aliphatic carbocycles. The van der Waals surface area contributed by atoms with Gasteiger partial charge in [-0.3, -0.25) is 4.79 Å². The van der Waals surface area contributed by atoms with E-state index in [9.17, 15) is 4.79 Å². The maximum Gasteiger partial charge on any atom is 0.289 e. The van der Waals surface area contributed by atoms with E-state index in [1.807, 2.05) is 13.8 Å². The zero-order valence-electron chi connectivity index (χ0n) is 9.38. The average Bonchev–Trinajstić information content (AvgIpc) is 2.76. The van der Waals surface area contributed by atoms with E-state index in [0.717, 1.165) is 0 Å². The minimum absolute atomic E-state index is 0.127. The molecule has 0 atom stereocenters. The van der Waals surface area contributed by atoms with Gasteiger partial charge in [0.15, 0.2) is 5.76 Å². The van der Waals surface area contributed by atoms with Gasteiger partial charge in [0.05, 0.1) is 6.54 Å². The number of nitrogens with zero attached hydrogens (tertiary/aromatic N) is 4. The Kier molecular flexibility index (Phi) is 4.42. The Hall–Kier alpha value is -1.94. The van der Waals surface area contributed by atoms with E-state index in [1.54, 1.807) is 17.0 Å². The van der Waals surface area contributed by atoms with Gasteiger partial charge in [0.1, 0.15) is 5.76 Å². The lowest BCUT2D eigenvalue weighted by Crippen LogP contribution is -2.30. The molecule has 0 radical (unpaired) electrons. The van der Waals surface area contributed by atoms with Gasteiger partial charge in [0.25, 0.3) is 5.91 Å². The summed E-state index contributed by atoms with van der Waals surface area (Å²) in [5.41, 5.74) is 8.15. The van der Waals surface area contributed by atoms with Gasteiger partial charge in [-0.2, -0.15) is 0 Å². The van der Waals surface area contributed by atoms with Crippen LogP contribution >= 0.6 is 0 Å². The topological polar surface area (TPSA) is 82.2 Å². The second-order valence-electron chi connectivity index (χ2n) is 3.13. The molecular formula is C10H14N4O2. The van der Waals surface area contributed by atoms with Crippen molar-refractivity contribution in [2.24, 2.45) is 5.11 Å². The van der Waals surface area contributed by atoms with Crippen LogP contribution in [0.2, 0.25) is 0 Å². The molecule has 0 saturated carbocycles. The summed E-state index contributed by atoms with van der Waals surface area (Å²) in [4.78, 5) is 16.1. The first-order valence-corrected chi connectivity index (χ1v) is 5.11. The number of hydrogen-bond acceptors (Lipinski definition) is 3. The lowest BCUT2D eigenvalue weighted by atomic mass is 10.3. The van der Waals surface area contributed by atoms with E-state index < -0.39 is 0 Å². The van der Waals surface area contributed by atoms with Gasteiger partial charge >= 0.3 is 0 Å². The van der Waals surface area contributed by atoms with Crippen LogP contribution in [0.1, 0.15) is 30.2 Å². The summed E-state index contributed by atoms with van der Waals surface area (Å²) in [5, 5.41) is 3.36. The molecule has 86 valence electrons. The zero-order chi connectivity index (χ0) is 12.0. The summed E-state index contributed by atoms with van der Waals surface area (Å²) < 4.78 is 5.28. The molecule has 6 nitrogen and oxygen atoms in total. The molecule has 1 aromatic rings. The third kappa shape index (κ3) is 2.77. The summed E-state index contributed by atoms with van der Waals surface area (Å²) in [6, 6.07) is 3.24. The van der Waals surface area contributed by atoms with Gasteiger partial charge in [0, 0.05) is 18.0 Å². The first-order chi connectivity index (χ1) is 7.72. The van der Waals surface area contributed by atoms with Crippen molar-refractivity contribution < 1.29 is 9.21 Å². The monoisotopic (exact) mass is 222 g/mol. The summed E-state index contributed by atoms with van der Waals surface area (Å²) in [6.07, 6.45) is 0. The van der Waals surface area contributed by atoms with E-state index in [-0.39, 0.29) is 18.2 Å². The third-order valence-electron chi connectivity index (χ3n) is 2.21. The zero-order valence-corrected chi connectivity index (χ0v) is 9.38. The van der Waals surface area contributed by atoms with E-state index in [2.05, 4.69) is 10.0 Å². The molecule has 1 amide bonds. The Bertz CT molecular complexity index is 403. The Balaban J connectivity index is 2.76. The smallest absolute Gasteiger partial charge is 0.289 e. The van der Waals surface area contributed by atoms with Crippen LogP contribution in [-0.4, -0.2) is 23.9 Å². The van der Waals surface area contributed by atoms with Crippen molar-refractivity contribution in [2.45, 2.75) is 20.4 Å². The predicted octanol–water partition coefficient (Wildman–Crippen LogP) is 2.57. The van der Waals surface area contributed by atoms with Crippen LogP contribution in [0.15, 0.2) is 21.7 Å². The number of carbonyl (C=O) groups is 1. The Morgan fingerprint density at radius 1 is 1.50 bits per heavy atom. The van der Waals surface area contributed by atoms with Crippen LogP contribution in [-0.2, 0) is 6.54 Å². The Morgan fingerprint density at radius 2 is 2.19 bits per heavy atom. The second kappa shape index (κ2) is 5.82. The number of hydrogen-bond donors (Lipinski definition) is 0. The minimum atomic E-state index is -0.141. The number of amides is 1. The first kappa shape index (κ1) is 12.1. The van der Waals surface area contributed by atoms with Crippen LogP contribution in [0.3, 0.4) is 0 Å². The van der Waals surface area contributed by atoms with Crippen LogP contribution in [0.5, 0.6) is 0 Å². The first-order valence-electron chi connectivity index (χ1n) is 5.11. The van der Waals surface area contributed by atoms with Gasteiger partial charge in [-0.05, 0) is 31.5 Å². The number of rotatable bonds is 5. The highest BCUT2D eigenvalue weighted by molar-refractivity contribution is 5.91. The third-order valence-corrected chi connectivity index (χ3v) is 2.21. The molecule has 0 aromatic carbocycles. The van der Waals surface area contributed by atoms with Gasteiger partial charge < -0.3 is 9.32 Å². The molecule has 1 heterocycles. The van der Waals surface area contributed by atoms with Gasteiger partial charge in [-0.1, -0.05) is 5.11 Å². The summed E-state index contributed by atoms with van der Waals surface area (Å²) in [6.45, 7) is 5.22. The SMILES string of the molecule is CCN(CC)C(=O)c1ccc(CN=[N+]=[N-])o1. The quantitative estimate of drug-likeness (QED) is 0.435. The molecule has 0 saturated heterocycles. The highest BCUT2D eigenvalue weighted by Gasteiger charge is 2.16. The average molecular weight is 222 g/mol. The van der Waals surface area contributed by atoms with E-state index >= 15 is 0 Å². The maximum atomic E-state index is 11.8. The molecule has 16 heavy (non-hydrogen) atoms. The number of furan rings is 1. The van der Waals surface area contributed by atoms with Crippen molar-refractivity contribution in [1.82, 2.24) is 4.90 Å². The Morgan fingerprint density at radius 3 is 2.75 bits per heavy atom. The van der Waals surface area contributed by atoms with Crippen LogP contribution < -0.4 is 0 Å². The lowest BCUT2D eigenvalue weighted by Gasteiger charge is -2.16. The highest BCUT2D eigenvalue weighted by atomic mass is 16.4. The van der Waals surface area contributed by atoms with Crippen molar-refractivity contribution in [3.63, 3.8) is 0 Å². The Labute approximate surface area is 93.5 Å². The van der Waals surface area contributed by atoms with Crippen molar-refractivity contribution in [3.05, 3.63) is 34.1 Å². The minimum Gasteiger partial charge on any atom is -0.456 e. The summed E-state index contributed by atoms with van der Waals surface area (Å²) in [7, 11) is 0. The highest BCUT2D eigenvalue weighted by Crippen LogP contribution is 2.11. The molecule has 1 rings (SSSR count). The molecule has 0 N–H and O–H groups in total. The summed E-state index contributed by atoms with van der Waals surface area (Å²) in [5.74, 6) is 0.636. The van der Waals surface area contributed by atoms with Gasteiger partial charge in [0.2, 0.25) is 0 Å². The van der Waals surface area contributed by atoms with Crippen molar-refractivity contribution in [2.75, 3.05) is 13.1 Å². The van der Waals surface area contributed by atoms with E-state index in [4.69, 9.17) is 9.95 Å². The van der Waals surface area contributed by atoms with Crippen LogP contribution in [0.25, 0.3) is 10.4 Å². The van der Waals surface area contributed by atoms with Crippen molar-refractivity contribution >= 4 is 5.91 Å². The normalized spacial score (nSPS) is 9.62. The molecular weight excluding hydrogens is 208 g/mol. The van der Waals surface area contributed by atoms with Crippen molar-refractivity contribution in [1.29, 1.82) is 0 Å². The molecule has 1 aromatic heterocycles. The molecule has 6 heteroatoms. The molecule has 0 fully saturated rings. The van der Waals surface area contributed by atoms with E-state index in [0.29, 0.717) is 18.8 Å². The second-order valence-corrected chi connectivity index (χ2v) is 3.13.